The van der Waals surface area contributed by atoms with E-state index in [9.17, 15) is 4.79 Å². The minimum absolute atomic E-state index is 0.0353. The third-order valence-electron chi connectivity index (χ3n) is 2.57. The first-order chi connectivity index (χ1) is 8.19. The van der Waals surface area contributed by atoms with Crippen molar-refractivity contribution < 1.29 is 9.53 Å². The van der Waals surface area contributed by atoms with E-state index in [4.69, 9.17) is 4.74 Å². The molecule has 0 saturated heterocycles. The lowest BCUT2D eigenvalue weighted by Gasteiger charge is -2.08. The van der Waals surface area contributed by atoms with Crippen molar-refractivity contribution in [1.29, 1.82) is 0 Å². The highest BCUT2D eigenvalue weighted by atomic mass is 16.5. The quantitative estimate of drug-likeness (QED) is 0.741. The van der Waals surface area contributed by atoms with Gasteiger partial charge in [-0.3, -0.25) is 4.79 Å². The largest absolute Gasteiger partial charge is 0.388 e. The summed E-state index contributed by atoms with van der Waals surface area (Å²) in [6, 6.07) is 5.63. The summed E-state index contributed by atoms with van der Waals surface area (Å²) < 4.78 is 4.92. The topological polar surface area (TPSA) is 50.4 Å². The average molecular weight is 236 g/mol. The van der Waals surface area contributed by atoms with Crippen LogP contribution in [-0.2, 0) is 4.74 Å². The predicted molar refractivity (Wildman–Crippen MR) is 69.6 cm³/mol. The number of carbonyl (C=O) groups is 1. The molecule has 1 amide bonds. The van der Waals surface area contributed by atoms with Gasteiger partial charge in [0.25, 0.3) is 5.91 Å². The van der Waals surface area contributed by atoms with Crippen molar-refractivity contribution in [3.63, 3.8) is 0 Å². The summed E-state index contributed by atoms with van der Waals surface area (Å²) in [5.74, 6) is -0.0353. The third kappa shape index (κ3) is 4.07. The second-order valence-corrected chi connectivity index (χ2v) is 3.88. The Kier molecular flexibility index (Phi) is 5.49. The van der Waals surface area contributed by atoms with E-state index in [1.807, 2.05) is 32.2 Å². The van der Waals surface area contributed by atoms with Crippen molar-refractivity contribution in [1.82, 2.24) is 5.32 Å². The van der Waals surface area contributed by atoms with Crippen molar-refractivity contribution in [3.8, 4) is 0 Å². The maximum atomic E-state index is 11.8. The Morgan fingerprint density at radius 3 is 2.76 bits per heavy atom. The standard InChI is InChI=1S/C13H20N2O2/c1-10-9-11(5-6-12(10)14-2)13(16)15-7-4-8-17-3/h5-6,9,14H,4,7-8H2,1-3H3,(H,15,16). The number of hydrogen-bond donors (Lipinski definition) is 2. The Balaban J connectivity index is 2.54. The molecule has 94 valence electrons. The molecule has 0 saturated carbocycles. The lowest BCUT2D eigenvalue weighted by atomic mass is 10.1. The second-order valence-electron chi connectivity index (χ2n) is 3.88. The van der Waals surface area contributed by atoms with Gasteiger partial charge in [0, 0.05) is 38.6 Å². The molecule has 0 unspecified atom stereocenters. The van der Waals surface area contributed by atoms with Crippen LogP contribution < -0.4 is 10.6 Å². The van der Waals surface area contributed by atoms with Gasteiger partial charge in [0.15, 0.2) is 0 Å². The molecule has 1 aromatic carbocycles. The van der Waals surface area contributed by atoms with Gasteiger partial charge in [0.2, 0.25) is 0 Å². The zero-order valence-electron chi connectivity index (χ0n) is 10.7. The summed E-state index contributed by atoms with van der Waals surface area (Å²) in [5, 5.41) is 5.93. The third-order valence-corrected chi connectivity index (χ3v) is 2.57. The lowest BCUT2D eigenvalue weighted by Crippen LogP contribution is -2.25. The van der Waals surface area contributed by atoms with Crippen molar-refractivity contribution >= 4 is 11.6 Å². The van der Waals surface area contributed by atoms with E-state index in [0.29, 0.717) is 18.7 Å². The average Bonchev–Trinajstić information content (AvgIpc) is 2.34. The van der Waals surface area contributed by atoms with Gasteiger partial charge in [0.05, 0.1) is 0 Å². The van der Waals surface area contributed by atoms with Crippen LogP contribution in [0.4, 0.5) is 5.69 Å². The van der Waals surface area contributed by atoms with E-state index in [0.717, 1.165) is 17.7 Å². The second kappa shape index (κ2) is 6.91. The monoisotopic (exact) mass is 236 g/mol. The smallest absolute Gasteiger partial charge is 0.251 e. The number of nitrogens with one attached hydrogen (secondary N) is 2. The van der Waals surface area contributed by atoms with Gasteiger partial charge in [-0.05, 0) is 37.1 Å². The number of anilines is 1. The molecule has 0 aliphatic heterocycles. The Bertz CT molecular complexity index is 378. The number of aryl methyl sites for hydroxylation is 1. The Morgan fingerprint density at radius 1 is 1.41 bits per heavy atom. The highest BCUT2D eigenvalue weighted by molar-refractivity contribution is 5.94. The summed E-state index contributed by atoms with van der Waals surface area (Å²) in [5.41, 5.74) is 2.80. The molecule has 4 heteroatoms. The summed E-state index contributed by atoms with van der Waals surface area (Å²) in [7, 11) is 3.52. The Morgan fingerprint density at radius 2 is 2.18 bits per heavy atom. The molecule has 17 heavy (non-hydrogen) atoms. The van der Waals surface area contributed by atoms with Gasteiger partial charge in [-0.1, -0.05) is 0 Å². The number of benzene rings is 1. The van der Waals surface area contributed by atoms with Gasteiger partial charge in [-0.2, -0.15) is 0 Å². The summed E-state index contributed by atoms with van der Waals surface area (Å²) in [4.78, 5) is 11.8. The first kappa shape index (κ1) is 13.5. The van der Waals surface area contributed by atoms with Gasteiger partial charge < -0.3 is 15.4 Å². The fraction of sp³-hybridized carbons (Fsp3) is 0.462. The van der Waals surface area contributed by atoms with Crippen LogP contribution >= 0.6 is 0 Å². The zero-order chi connectivity index (χ0) is 12.7. The van der Waals surface area contributed by atoms with Crippen LogP contribution in [0, 0.1) is 6.92 Å². The van der Waals surface area contributed by atoms with E-state index < -0.39 is 0 Å². The number of amides is 1. The maximum Gasteiger partial charge on any atom is 0.251 e. The zero-order valence-corrected chi connectivity index (χ0v) is 10.7. The summed E-state index contributed by atoms with van der Waals surface area (Å²) >= 11 is 0. The first-order valence-electron chi connectivity index (χ1n) is 5.74. The molecule has 0 radical (unpaired) electrons. The van der Waals surface area contributed by atoms with Gasteiger partial charge in [0.1, 0.15) is 0 Å². The lowest BCUT2D eigenvalue weighted by molar-refractivity contribution is 0.0948. The molecule has 2 N–H and O–H groups in total. The van der Waals surface area contributed by atoms with E-state index in [1.54, 1.807) is 7.11 Å². The van der Waals surface area contributed by atoms with Crippen LogP contribution in [0.1, 0.15) is 22.3 Å². The minimum Gasteiger partial charge on any atom is -0.388 e. The summed E-state index contributed by atoms with van der Waals surface area (Å²) in [6.07, 6.45) is 0.829. The molecule has 0 aliphatic carbocycles. The SMILES string of the molecule is CNc1ccc(C(=O)NCCCOC)cc1C. The Hall–Kier alpha value is -1.55. The van der Waals surface area contributed by atoms with Crippen LogP contribution in [-0.4, -0.2) is 33.2 Å². The molecule has 0 aliphatic rings. The van der Waals surface area contributed by atoms with Gasteiger partial charge >= 0.3 is 0 Å². The van der Waals surface area contributed by atoms with Crippen LogP contribution in [0.25, 0.3) is 0 Å². The molecule has 4 nitrogen and oxygen atoms in total. The molecule has 0 aromatic heterocycles. The minimum atomic E-state index is -0.0353. The number of carbonyl (C=O) groups excluding carboxylic acids is 1. The first-order valence-corrected chi connectivity index (χ1v) is 5.74. The predicted octanol–water partition coefficient (Wildman–Crippen LogP) is 1.80. The molecule has 0 fully saturated rings. The summed E-state index contributed by atoms with van der Waals surface area (Å²) in [6.45, 7) is 3.28. The number of methoxy groups -OCH3 is 1. The van der Waals surface area contributed by atoms with E-state index in [1.165, 1.54) is 0 Å². The van der Waals surface area contributed by atoms with Crippen molar-refractivity contribution in [2.45, 2.75) is 13.3 Å². The molecule has 0 bridgehead atoms. The van der Waals surface area contributed by atoms with E-state index in [-0.39, 0.29) is 5.91 Å². The Labute approximate surface area is 102 Å². The molecule has 1 rings (SSSR count). The fourth-order valence-corrected chi connectivity index (χ4v) is 1.61. The highest BCUT2D eigenvalue weighted by Gasteiger charge is 2.06. The molecule has 1 aromatic rings. The molecule has 0 spiro atoms. The van der Waals surface area contributed by atoms with Crippen molar-refractivity contribution in [2.24, 2.45) is 0 Å². The van der Waals surface area contributed by atoms with Gasteiger partial charge in [-0.25, -0.2) is 0 Å². The van der Waals surface area contributed by atoms with Crippen LogP contribution in [0.2, 0.25) is 0 Å². The number of rotatable bonds is 6. The van der Waals surface area contributed by atoms with Crippen molar-refractivity contribution in [2.75, 3.05) is 32.6 Å². The molecular weight excluding hydrogens is 216 g/mol. The van der Waals surface area contributed by atoms with E-state index >= 15 is 0 Å². The van der Waals surface area contributed by atoms with E-state index in [2.05, 4.69) is 10.6 Å². The molecular formula is C13H20N2O2. The van der Waals surface area contributed by atoms with Crippen LogP contribution in [0.15, 0.2) is 18.2 Å². The van der Waals surface area contributed by atoms with Gasteiger partial charge in [-0.15, -0.1) is 0 Å². The fourth-order valence-electron chi connectivity index (χ4n) is 1.61. The number of hydrogen-bond acceptors (Lipinski definition) is 3. The molecule has 0 atom stereocenters. The van der Waals surface area contributed by atoms with Crippen LogP contribution in [0.5, 0.6) is 0 Å². The molecule has 0 heterocycles. The maximum absolute atomic E-state index is 11.8. The number of ether oxygens (including phenoxy) is 1. The van der Waals surface area contributed by atoms with Crippen molar-refractivity contribution in [3.05, 3.63) is 29.3 Å². The highest BCUT2D eigenvalue weighted by Crippen LogP contribution is 2.15. The normalized spacial score (nSPS) is 10.1. The van der Waals surface area contributed by atoms with Crippen LogP contribution in [0.3, 0.4) is 0 Å².